The molecule has 0 spiro atoms. The lowest BCUT2D eigenvalue weighted by molar-refractivity contribution is 0.410. The molecule has 5 heteroatoms. The third kappa shape index (κ3) is 3.67. The van der Waals surface area contributed by atoms with Gasteiger partial charge < -0.3 is 10.1 Å². The molecule has 0 aliphatic carbocycles. The first-order valence-electron chi connectivity index (χ1n) is 6.58. The molecule has 0 aromatic heterocycles. The van der Waals surface area contributed by atoms with E-state index in [1.807, 2.05) is 13.0 Å². The van der Waals surface area contributed by atoms with Gasteiger partial charge in [0.25, 0.3) is 0 Å². The van der Waals surface area contributed by atoms with Gasteiger partial charge in [-0.25, -0.2) is 4.39 Å². The van der Waals surface area contributed by atoms with Crippen molar-refractivity contribution in [1.82, 2.24) is 5.32 Å². The molecule has 0 amide bonds. The molecule has 2 aromatic carbocycles. The maximum absolute atomic E-state index is 14.3. The van der Waals surface area contributed by atoms with E-state index < -0.39 is 0 Å². The highest BCUT2D eigenvalue weighted by Gasteiger charge is 2.20. The highest BCUT2D eigenvalue weighted by molar-refractivity contribution is 6.35. The van der Waals surface area contributed by atoms with Gasteiger partial charge in [0.05, 0.1) is 13.2 Å². The second-order valence-corrected chi connectivity index (χ2v) is 5.39. The van der Waals surface area contributed by atoms with Gasteiger partial charge in [0.15, 0.2) is 0 Å². The Hall–Kier alpha value is -1.29. The fourth-order valence-corrected chi connectivity index (χ4v) is 2.71. The summed E-state index contributed by atoms with van der Waals surface area (Å²) in [5.41, 5.74) is 1.30. The van der Waals surface area contributed by atoms with Crippen LogP contribution in [0.3, 0.4) is 0 Å². The van der Waals surface area contributed by atoms with Crippen LogP contribution in [0, 0.1) is 5.82 Å². The van der Waals surface area contributed by atoms with Crippen molar-refractivity contribution in [2.45, 2.75) is 13.0 Å². The first kappa shape index (κ1) is 16.1. The van der Waals surface area contributed by atoms with Gasteiger partial charge in [-0.3, -0.25) is 0 Å². The quantitative estimate of drug-likeness (QED) is 0.848. The highest BCUT2D eigenvalue weighted by atomic mass is 35.5. The molecule has 0 heterocycles. The summed E-state index contributed by atoms with van der Waals surface area (Å²) in [6.45, 7) is 2.63. The lowest BCUT2D eigenvalue weighted by Crippen LogP contribution is -2.23. The number of methoxy groups -OCH3 is 1. The fraction of sp³-hybridized carbons (Fsp3) is 0.250. The average molecular weight is 328 g/mol. The minimum Gasteiger partial charge on any atom is -0.497 e. The van der Waals surface area contributed by atoms with E-state index in [0.717, 1.165) is 5.56 Å². The summed E-state index contributed by atoms with van der Waals surface area (Å²) in [5, 5.41) is 4.30. The van der Waals surface area contributed by atoms with E-state index in [1.165, 1.54) is 13.2 Å². The molecule has 2 nitrogen and oxygen atoms in total. The molecule has 1 N–H and O–H groups in total. The summed E-state index contributed by atoms with van der Waals surface area (Å²) in [5.74, 6) is 0.139. The first-order valence-corrected chi connectivity index (χ1v) is 7.34. The first-order chi connectivity index (χ1) is 10.1. The van der Waals surface area contributed by atoms with Crippen LogP contribution in [0.4, 0.5) is 4.39 Å². The Morgan fingerprint density at radius 3 is 2.43 bits per heavy atom. The third-order valence-electron chi connectivity index (χ3n) is 3.20. The molecule has 2 aromatic rings. The van der Waals surface area contributed by atoms with Crippen molar-refractivity contribution in [2.75, 3.05) is 13.7 Å². The van der Waals surface area contributed by atoms with Gasteiger partial charge in [0.2, 0.25) is 0 Å². The Labute approximate surface area is 133 Å². The van der Waals surface area contributed by atoms with Crippen LogP contribution < -0.4 is 10.1 Å². The maximum atomic E-state index is 14.3. The van der Waals surface area contributed by atoms with Gasteiger partial charge in [-0.15, -0.1) is 0 Å². The molecule has 21 heavy (non-hydrogen) atoms. The molecule has 1 atom stereocenters. The van der Waals surface area contributed by atoms with Crippen LogP contribution in [-0.2, 0) is 0 Å². The van der Waals surface area contributed by atoms with Gasteiger partial charge in [0, 0.05) is 21.7 Å². The predicted octanol–water partition coefficient (Wildman–Crippen LogP) is 4.84. The van der Waals surface area contributed by atoms with Crippen molar-refractivity contribution in [3.05, 3.63) is 63.4 Å². The monoisotopic (exact) mass is 327 g/mol. The summed E-state index contributed by atoms with van der Waals surface area (Å²) in [4.78, 5) is 0. The van der Waals surface area contributed by atoms with Crippen LogP contribution in [0.2, 0.25) is 10.0 Å². The Morgan fingerprint density at radius 1 is 1.14 bits per heavy atom. The van der Waals surface area contributed by atoms with Gasteiger partial charge in [0.1, 0.15) is 11.6 Å². The zero-order chi connectivity index (χ0) is 15.4. The van der Waals surface area contributed by atoms with Gasteiger partial charge in [-0.2, -0.15) is 0 Å². The molecule has 0 aliphatic rings. The Morgan fingerprint density at radius 2 is 1.86 bits per heavy atom. The topological polar surface area (TPSA) is 21.3 Å². The van der Waals surface area contributed by atoms with Gasteiger partial charge in [-0.1, -0.05) is 42.3 Å². The summed E-state index contributed by atoms with van der Waals surface area (Å²) in [6.07, 6.45) is 0. The zero-order valence-electron chi connectivity index (χ0n) is 11.8. The molecule has 112 valence electrons. The highest BCUT2D eigenvalue weighted by Crippen LogP contribution is 2.32. The molecular formula is C16H16Cl2FNO. The number of halogens is 3. The molecular weight excluding hydrogens is 312 g/mol. The van der Waals surface area contributed by atoms with E-state index in [9.17, 15) is 4.39 Å². The number of benzene rings is 2. The van der Waals surface area contributed by atoms with Crippen molar-refractivity contribution in [3.8, 4) is 5.75 Å². The standard InChI is InChI=1S/C16H16Cl2FNO/c1-3-20-16(12-6-4-10(17)8-14(12)18)13-7-5-11(21-2)9-15(13)19/h4-9,16,20H,3H2,1-2H3. The minimum absolute atomic E-state index is 0.341. The van der Waals surface area contributed by atoms with Crippen LogP contribution in [-0.4, -0.2) is 13.7 Å². The smallest absolute Gasteiger partial charge is 0.132 e. The molecule has 1 unspecified atom stereocenters. The van der Waals surface area contributed by atoms with Crippen LogP contribution >= 0.6 is 23.2 Å². The van der Waals surface area contributed by atoms with Crippen molar-refractivity contribution >= 4 is 23.2 Å². The summed E-state index contributed by atoms with van der Waals surface area (Å²) in [6, 6.07) is 9.66. The third-order valence-corrected chi connectivity index (χ3v) is 3.76. The lowest BCUT2D eigenvalue weighted by Gasteiger charge is -2.21. The van der Waals surface area contributed by atoms with Crippen molar-refractivity contribution in [1.29, 1.82) is 0 Å². The molecule has 0 saturated heterocycles. The molecule has 0 aliphatic heterocycles. The van der Waals surface area contributed by atoms with E-state index in [-0.39, 0.29) is 11.9 Å². The number of hydrogen-bond acceptors (Lipinski definition) is 2. The molecule has 0 radical (unpaired) electrons. The normalized spacial score (nSPS) is 12.2. The van der Waals surface area contributed by atoms with Crippen molar-refractivity contribution in [2.24, 2.45) is 0 Å². The molecule has 0 bridgehead atoms. The van der Waals surface area contributed by atoms with Crippen LogP contribution in [0.5, 0.6) is 5.75 Å². The fourth-order valence-electron chi connectivity index (χ4n) is 2.20. The number of hydrogen-bond donors (Lipinski definition) is 1. The minimum atomic E-state index is -0.342. The zero-order valence-corrected chi connectivity index (χ0v) is 13.3. The SMILES string of the molecule is CCNC(c1ccc(OC)cc1F)c1ccc(Cl)cc1Cl. The van der Waals surface area contributed by atoms with Crippen LogP contribution in [0.25, 0.3) is 0 Å². The Balaban J connectivity index is 2.48. The Kier molecular flexibility index (Phi) is 5.45. The maximum Gasteiger partial charge on any atom is 0.132 e. The number of rotatable bonds is 5. The van der Waals surface area contributed by atoms with E-state index in [1.54, 1.807) is 24.3 Å². The van der Waals surface area contributed by atoms with Gasteiger partial charge >= 0.3 is 0 Å². The Bertz CT molecular complexity index is 634. The van der Waals surface area contributed by atoms with Crippen molar-refractivity contribution < 1.29 is 9.13 Å². The van der Waals surface area contributed by atoms with E-state index in [0.29, 0.717) is 27.9 Å². The summed E-state index contributed by atoms with van der Waals surface area (Å²) < 4.78 is 19.3. The van der Waals surface area contributed by atoms with Gasteiger partial charge in [-0.05, 0) is 30.3 Å². The van der Waals surface area contributed by atoms with Crippen LogP contribution in [0.15, 0.2) is 36.4 Å². The number of ether oxygens (including phenoxy) is 1. The molecule has 0 fully saturated rings. The van der Waals surface area contributed by atoms with E-state index in [4.69, 9.17) is 27.9 Å². The van der Waals surface area contributed by atoms with Crippen LogP contribution in [0.1, 0.15) is 24.1 Å². The second kappa shape index (κ2) is 7.12. The molecule has 0 saturated carbocycles. The summed E-state index contributed by atoms with van der Waals surface area (Å²) >= 11 is 12.2. The second-order valence-electron chi connectivity index (χ2n) is 4.54. The number of nitrogens with one attached hydrogen (secondary N) is 1. The predicted molar refractivity (Wildman–Crippen MR) is 84.9 cm³/mol. The largest absolute Gasteiger partial charge is 0.497 e. The molecule has 2 rings (SSSR count). The van der Waals surface area contributed by atoms with Crippen molar-refractivity contribution in [3.63, 3.8) is 0 Å². The average Bonchev–Trinajstić information content (AvgIpc) is 2.46. The van der Waals surface area contributed by atoms with E-state index in [2.05, 4.69) is 5.32 Å². The lowest BCUT2D eigenvalue weighted by atomic mass is 9.98. The van der Waals surface area contributed by atoms with E-state index >= 15 is 0 Å². The summed E-state index contributed by atoms with van der Waals surface area (Å²) in [7, 11) is 1.51.